The van der Waals surface area contributed by atoms with E-state index in [9.17, 15) is 13.2 Å². The molecule has 1 rings (SSSR count). The number of hydrogen-bond acceptors (Lipinski definition) is 3. The lowest BCUT2D eigenvalue weighted by Crippen LogP contribution is -2.40. The van der Waals surface area contributed by atoms with Crippen molar-refractivity contribution >= 4 is 27.5 Å². The van der Waals surface area contributed by atoms with Gasteiger partial charge in [0.1, 0.15) is 0 Å². The van der Waals surface area contributed by atoms with Crippen LogP contribution in [0.15, 0.2) is 18.2 Å². The Morgan fingerprint density at radius 1 is 1.29 bits per heavy atom. The quantitative estimate of drug-likeness (QED) is 0.829. The molecule has 0 bridgehead atoms. The summed E-state index contributed by atoms with van der Waals surface area (Å²) in [6, 6.07) is 5.05. The Kier molecular flexibility index (Phi) is 6.64. The van der Waals surface area contributed by atoms with Crippen LogP contribution in [0, 0.1) is 6.92 Å². The van der Waals surface area contributed by atoms with Crippen LogP contribution in [0.1, 0.15) is 25.0 Å². The highest BCUT2D eigenvalue weighted by molar-refractivity contribution is 7.88. The van der Waals surface area contributed by atoms with Crippen LogP contribution in [0.5, 0.6) is 0 Å². The Morgan fingerprint density at radius 3 is 2.43 bits per heavy atom. The fourth-order valence-corrected chi connectivity index (χ4v) is 3.34. The van der Waals surface area contributed by atoms with E-state index in [4.69, 9.17) is 11.6 Å². The summed E-state index contributed by atoms with van der Waals surface area (Å²) in [6.45, 7) is 6.43. The third-order valence-electron chi connectivity index (χ3n) is 3.21. The van der Waals surface area contributed by atoms with Gasteiger partial charge in [0.05, 0.1) is 12.3 Å². The van der Waals surface area contributed by atoms with Crippen molar-refractivity contribution in [3.05, 3.63) is 34.3 Å². The molecule has 118 valence electrons. The molecule has 0 saturated heterocycles. The number of likely N-dealkylation sites (N-methyl/N-ethyl adjacent to an activating group) is 1. The Bertz CT molecular complexity index is 598. The lowest BCUT2D eigenvalue weighted by molar-refractivity contribution is -0.129. The third-order valence-corrected chi connectivity index (χ3v) is 4.72. The van der Waals surface area contributed by atoms with Gasteiger partial charge in [-0.3, -0.25) is 4.79 Å². The molecule has 0 saturated carbocycles. The van der Waals surface area contributed by atoms with E-state index < -0.39 is 10.0 Å². The molecule has 0 aromatic heterocycles. The molecule has 0 aliphatic carbocycles. The minimum absolute atomic E-state index is 0.165. The molecule has 0 aliphatic heterocycles. The predicted octanol–water partition coefficient (Wildman–Crippen LogP) is 1.94. The van der Waals surface area contributed by atoms with Gasteiger partial charge < -0.3 is 4.90 Å². The van der Waals surface area contributed by atoms with Crippen LogP contribution in [-0.2, 0) is 20.6 Å². The molecule has 1 amide bonds. The lowest BCUT2D eigenvalue weighted by Gasteiger charge is -2.18. The highest BCUT2D eigenvalue weighted by atomic mass is 35.5. The first-order valence-electron chi connectivity index (χ1n) is 6.79. The molecule has 0 fully saturated rings. The van der Waals surface area contributed by atoms with Gasteiger partial charge in [-0.25, -0.2) is 13.1 Å². The van der Waals surface area contributed by atoms with E-state index in [1.54, 1.807) is 30.0 Å². The minimum Gasteiger partial charge on any atom is -0.342 e. The highest BCUT2D eigenvalue weighted by Crippen LogP contribution is 2.17. The largest absolute Gasteiger partial charge is 0.342 e. The maximum Gasteiger partial charge on any atom is 0.237 e. The fourth-order valence-electron chi connectivity index (χ4n) is 1.94. The first-order chi connectivity index (χ1) is 9.79. The van der Waals surface area contributed by atoms with Crippen LogP contribution in [0.3, 0.4) is 0 Å². The topological polar surface area (TPSA) is 66.5 Å². The molecule has 7 heteroatoms. The number of sulfonamides is 1. The molecule has 0 heterocycles. The first-order valence-corrected chi connectivity index (χ1v) is 8.82. The van der Waals surface area contributed by atoms with Gasteiger partial charge in [0.15, 0.2) is 0 Å². The fraction of sp³-hybridized carbons (Fsp3) is 0.500. The van der Waals surface area contributed by atoms with Gasteiger partial charge >= 0.3 is 0 Å². The molecule has 0 aliphatic rings. The average Bonchev–Trinajstić information content (AvgIpc) is 2.41. The SMILES string of the molecule is CCN(CC)C(=O)CNS(=O)(=O)Cc1ccc(Cl)cc1C. The summed E-state index contributed by atoms with van der Waals surface area (Å²) in [5.41, 5.74) is 1.48. The monoisotopic (exact) mass is 332 g/mol. The number of rotatable bonds is 7. The van der Waals surface area contributed by atoms with Crippen LogP contribution < -0.4 is 4.72 Å². The average molecular weight is 333 g/mol. The standard InChI is InChI=1S/C14H21ClN2O3S/c1-4-17(5-2)14(18)9-16-21(19,20)10-12-6-7-13(15)8-11(12)3/h6-8,16H,4-5,9-10H2,1-3H3. The molecule has 0 unspecified atom stereocenters. The van der Waals surface area contributed by atoms with Crippen molar-refractivity contribution in [2.75, 3.05) is 19.6 Å². The van der Waals surface area contributed by atoms with Crippen molar-refractivity contribution in [1.82, 2.24) is 9.62 Å². The van der Waals surface area contributed by atoms with Crippen molar-refractivity contribution in [1.29, 1.82) is 0 Å². The van der Waals surface area contributed by atoms with Gasteiger partial charge in [-0.1, -0.05) is 17.7 Å². The van der Waals surface area contributed by atoms with Crippen LogP contribution in [0.4, 0.5) is 0 Å². The summed E-state index contributed by atoms with van der Waals surface area (Å²) in [5.74, 6) is -0.391. The number of hydrogen-bond donors (Lipinski definition) is 1. The molecule has 1 N–H and O–H groups in total. The third kappa shape index (κ3) is 5.65. The van der Waals surface area contributed by atoms with Crippen molar-refractivity contribution in [2.45, 2.75) is 26.5 Å². The summed E-state index contributed by atoms with van der Waals surface area (Å²) in [6.07, 6.45) is 0. The first kappa shape index (κ1) is 17.9. The number of nitrogens with one attached hydrogen (secondary N) is 1. The van der Waals surface area contributed by atoms with Crippen molar-refractivity contribution in [3.63, 3.8) is 0 Å². The number of benzene rings is 1. The van der Waals surface area contributed by atoms with Gasteiger partial charge in [0.25, 0.3) is 0 Å². The van der Waals surface area contributed by atoms with Gasteiger partial charge in [-0.2, -0.15) is 0 Å². The Labute approximate surface area is 131 Å². The van der Waals surface area contributed by atoms with Gasteiger partial charge in [0.2, 0.25) is 15.9 Å². The van der Waals surface area contributed by atoms with E-state index in [1.807, 2.05) is 13.8 Å². The molecule has 1 aromatic carbocycles. The second-order valence-electron chi connectivity index (χ2n) is 4.72. The minimum atomic E-state index is -3.56. The molecule has 21 heavy (non-hydrogen) atoms. The Balaban J connectivity index is 2.68. The number of nitrogens with zero attached hydrogens (tertiary/aromatic N) is 1. The van der Waals surface area contributed by atoms with Gasteiger partial charge in [-0.05, 0) is 44.0 Å². The summed E-state index contributed by atoms with van der Waals surface area (Å²) >= 11 is 5.84. The number of carbonyl (C=O) groups is 1. The van der Waals surface area contributed by atoms with E-state index in [0.29, 0.717) is 23.7 Å². The maximum atomic E-state index is 12.0. The summed E-state index contributed by atoms with van der Waals surface area (Å²) < 4.78 is 26.4. The number of amides is 1. The highest BCUT2D eigenvalue weighted by Gasteiger charge is 2.17. The second kappa shape index (κ2) is 7.77. The number of aryl methyl sites for hydroxylation is 1. The van der Waals surface area contributed by atoms with Crippen molar-refractivity contribution < 1.29 is 13.2 Å². The number of halogens is 1. The van der Waals surface area contributed by atoms with E-state index in [0.717, 1.165) is 5.56 Å². The van der Waals surface area contributed by atoms with Crippen molar-refractivity contribution in [3.8, 4) is 0 Å². The summed E-state index contributed by atoms with van der Waals surface area (Å²) in [4.78, 5) is 13.4. The van der Waals surface area contributed by atoms with Crippen LogP contribution in [-0.4, -0.2) is 38.9 Å². The van der Waals surface area contributed by atoms with E-state index in [2.05, 4.69) is 4.72 Å². The van der Waals surface area contributed by atoms with Crippen molar-refractivity contribution in [2.24, 2.45) is 0 Å². The molecule has 0 spiro atoms. The van der Waals surface area contributed by atoms with Gasteiger partial charge in [-0.15, -0.1) is 0 Å². The molecule has 1 aromatic rings. The molecular weight excluding hydrogens is 312 g/mol. The zero-order valence-corrected chi connectivity index (χ0v) is 14.1. The van der Waals surface area contributed by atoms with Crippen LogP contribution >= 0.6 is 11.6 Å². The maximum absolute atomic E-state index is 12.0. The Hall–Kier alpha value is -1.11. The van der Waals surface area contributed by atoms with E-state index >= 15 is 0 Å². The summed E-state index contributed by atoms with van der Waals surface area (Å²) in [7, 11) is -3.56. The van der Waals surface area contributed by atoms with Crippen LogP contribution in [0.2, 0.25) is 5.02 Å². The molecule has 0 atom stereocenters. The molecular formula is C14H21ClN2O3S. The van der Waals surface area contributed by atoms with Crippen LogP contribution in [0.25, 0.3) is 0 Å². The summed E-state index contributed by atoms with van der Waals surface area (Å²) in [5, 5.41) is 0.568. The number of carbonyl (C=O) groups excluding carboxylic acids is 1. The van der Waals surface area contributed by atoms with E-state index in [-0.39, 0.29) is 18.2 Å². The second-order valence-corrected chi connectivity index (χ2v) is 6.96. The lowest BCUT2D eigenvalue weighted by atomic mass is 10.1. The smallest absolute Gasteiger partial charge is 0.237 e. The molecule has 5 nitrogen and oxygen atoms in total. The zero-order chi connectivity index (χ0) is 16.0. The predicted molar refractivity (Wildman–Crippen MR) is 84.7 cm³/mol. The zero-order valence-electron chi connectivity index (χ0n) is 12.5. The normalized spacial score (nSPS) is 11.4. The molecule has 0 radical (unpaired) electrons. The Morgan fingerprint density at radius 2 is 1.90 bits per heavy atom. The van der Waals surface area contributed by atoms with E-state index in [1.165, 1.54) is 0 Å². The van der Waals surface area contributed by atoms with Gasteiger partial charge in [0, 0.05) is 18.1 Å².